The van der Waals surface area contributed by atoms with Gasteiger partial charge in [0.1, 0.15) is 5.82 Å². The van der Waals surface area contributed by atoms with Gasteiger partial charge in [0.25, 0.3) is 5.91 Å². The Morgan fingerprint density at radius 2 is 1.81 bits per heavy atom. The molecule has 2 fully saturated rings. The molecule has 9 heteroatoms. The zero-order chi connectivity index (χ0) is 21.8. The molecule has 2 heterocycles. The zero-order valence-corrected chi connectivity index (χ0v) is 17.2. The smallest absolute Gasteiger partial charge is 0.324 e. The number of amides is 3. The topological polar surface area (TPSA) is 91.1 Å². The summed E-state index contributed by atoms with van der Waals surface area (Å²) in [7, 11) is 0. The first kappa shape index (κ1) is 21.2. The maximum absolute atomic E-state index is 13.9. The summed E-state index contributed by atoms with van der Waals surface area (Å²) in [4.78, 5) is 30.8. The van der Waals surface area contributed by atoms with Crippen LogP contribution in [0.15, 0.2) is 48.5 Å². The van der Waals surface area contributed by atoms with Crippen molar-refractivity contribution in [2.24, 2.45) is 5.84 Å². The molecule has 3 N–H and O–H groups in total. The lowest BCUT2D eigenvalue weighted by molar-refractivity contribution is -0.0738. The van der Waals surface area contributed by atoms with E-state index in [4.69, 9.17) is 10.6 Å². The van der Waals surface area contributed by atoms with Crippen LogP contribution in [0.25, 0.3) is 0 Å². The van der Waals surface area contributed by atoms with Crippen LogP contribution in [0.4, 0.5) is 14.9 Å². The number of piperazine rings is 1. The molecule has 0 unspecified atom stereocenters. The number of ether oxygens (including phenoxy) is 1. The molecule has 2 saturated heterocycles. The molecule has 0 radical (unpaired) electrons. The Morgan fingerprint density at radius 1 is 1.10 bits per heavy atom. The molecule has 2 aromatic rings. The monoisotopic (exact) mass is 427 g/mol. The maximum Gasteiger partial charge on any atom is 0.324 e. The number of hydrogen-bond acceptors (Lipinski definition) is 5. The molecule has 2 aromatic carbocycles. The molecular formula is C22H26FN5O3. The van der Waals surface area contributed by atoms with Gasteiger partial charge in [-0.15, -0.1) is 0 Å². The molecule has 3 amide bonds. The van der Waals surface area contributed by atoms with E-state index in [0.717, 1.165) is 31.9 Å². The lowest BCUT2D eigenvalue weighted by Gasteiger charge is -2.43. The summed E-state index contributed by atoms with van der Waals surface area (Å²) < 4.78 is 19.2. The number of hydrogen-bond donors (Lipinski definition) is 2. The summed E-state index contributed by atoms with van der Waals surface area (Å²) >= 11 is 0. The summed E-state index contributed by atoms with van der Waals surface area (Å²) in [6.45, 7) is 4.55. The predicted octanol–water partition coefficient (Wildman–Crippen LogP) is 1.57. The van der Waals surface area contributed by atoms with Crippen molar-refractivity contribution < 1.29 is 18.7 Å². The summed E-state index contributed by atoms with van der Waals surface area (Å²) in [5, 5.41) is 0. The Kier molecular flexibility index (Phi) is 6.45. The third-order valence-corrected chi connectivity index (χ3v) is 5.76. The average molecular weight is 427 g/mol. The number of nitrogens with two attached hydrogens (primary N) is 1. The highest BCUT2D eigenvalue weighted by Gasteiger charge is 2.32. The maximum atomic E-state index is 13.9. The predicted molar refractivity (Wildman–Crippen MR) is 114 cm³/mol. The average Bonchev–Trinajstić information content (AvgIpc) is 2.76. The molecule has 0 saturated carbocycles. The van der Waals surface area contributed by atoms with Gasteiger partial charge in [0.2, 0.25) is 0 Å². The molecule has 0 aromatic heterocycles. The highest BCUT2D eigenvalue weighted by Crippen LogP contribution is 2.22. The number of carbonyl (C=O) groups is 2. The highest BCUT2D eigenvalue weighted by molar-refractivity contribution is 5.94. The van der Waals surface area contributed by atoms with Gasteiger partial charge in [-0.25, -0.2) is 15.0 Å². The van der Waals surface area contributed by atoms with E-state index in [2.05, 4.69) is 10.3 Å². The van der Waals surface area contributed by atoms with Gasteiger partial charge in [-0.3, -0.25) is 20.0 Å². The van der Waals surface area contributed by atoms with Crippen molar-refractivity contribution in [3.8, 4) is 0 Å². The van der Waals surface area contributed by atoms with Crippen LogP contribution in [0.1, 0.15) is 15.9 Å². The van der Waals surface area contributed by atoms with E-state index in [0.29, 0.717) is 30.4 Å². The number of nitrogen functional groups attached to an aromatic ring is 1. The first-order valence-corrected chi connectivity index (χ1v) is 10.3. The number of nitrogens with zero attached hydrogens (tertiary/aromatic N) is 3. The van der Waals surface area contributed by atoms with Crippen molar-refractivity contribution in [3.05, 3.63) is 65.5 Å². The number of urea groups is 1. The number of halogens is 1. The van der Waals surface area contributed by atoms with E-state index >= 15 is 0 Å². The number of carbonyl (C=O) groups excluding carboxylic acids is 2. The molecule has 2 aliphatic rings. The molecule has 0 bridgehead atoms. The minimum Gasteiger partial charge on any atom is -0.378 e. The summed E-state index contributed by atoms with van der Waals surface area (Å²) in [5.74, 6) is 4.38. The van der Waals surface area contributed by atoms with Gasteiger partial charge in [0.05, 0.1) is 25.8 Å². The summed E-state index contributed by atoms with van der Waals surface area (Å²) in [5.41, 5.74) is 3.82. The van der Waals surface area contributed by atoms with Crippen molar-refractivity contribution in [1.29, 1.82) is 0 Å². The number of hydrazine groups is 1. The third kappa shape index (κ3) is 4.84. The molecule has 4 rings (SSSR count). The van der Waals surface area contributed by atoms with Gasteiger partial charge in [0.15, 0.2) is 0 Å². The van der Waals surface area contributed by atoms with Crippen LogP contribution < -0.4 is 16.2 Å². The first-order valence-electron chi connectivity index (χ1n) is 10.3. The molecule has 0 atom stereocenters. The van der Waals surface area contributed by atoms with Crippen LogP contribution in [0.5, 0.6) is 0 Å². The van der Waals surface area contributed by atoms with Crippen LogP contribution in [0, 0.1) is 5.82 Å². The SMILES string of the molecule is NNC(=O)c1ccc(CN(C(=O)N2CCN(C3COC3)CC2)c2cccc(F)c2)cc1. The largest absolute Gasteiger partial charge is 0.378 e. The Morgan fingerprint density at radius 3 is 2.39 bits per heavy atom. The minimum atomic E-state index is -0.403. The second-order valence-electron chi connectivity index (χ2n) is 7.73. The van der Waals surface area contributed by atoms with Crippen molar-refractivity contribution in [1.82, 2.24) is 15.2 Å². The number of anilines is 1. The molecule has 0 spiro atoms. The second-order valence-corrected chi connectivity index (χ2v) is 7.73. The van der Waals surface area contributed by atoms with Crippen molar-refractivity contribution >= 4 is 17.6 Å². The van der Waals surface area contributed by atoms with Crippen molar-refractivity contribution in [3.63, 3.8) is 0 Å². The quantitative estimate of drug-likeness (QED) is 0.430. The van der Waals surface area contributed by atoms with Crippen molar-refractivity contribution in [2.45, 2.75) is 12.6 Å². The lowest BCUT2D eigenvalue weighted by atomic mass is 10.1. The number of nitrogens with one attached hydrogen (secondary N) is 1. The van der Waals surface area contributed by atoms with Crippen LogP contribution >= 0.6 is 0 Å². The molecule has 31 heavy (non-hydrogen) atoms. The fraction of sp³-hybridized carbons (Fsp3) is 0.364. The fourth-order valence-corrected chi connectivity index (χ4v) is 3.82. The Balaban J connectivity index is 1.50. The van der Waals surface area contributed by atoms with E-state index < -0.39 is 5.82 Å². The lowest BCUT2D eigenvalue weighted by Crippen LogP contribution is -2.59. The van der Waals surface area contributed by atoms with Gasteiger partial charge in [-0.2, -0.15) is 0 Å². The number of rotatable bonds is 5. The van der Waals surface area contributed by atoms with Gasteiger partial charge in [-0.05, 0) is 35.9 Å². The van der Waals surface area contributed by atoms with E-state index in [9.17, 15) is 14.0 Å². The zero-order valence-electron chi connectivity index (χ0n) is 17.2. The molecule has 0 aliphatic carbocycles. The second kappa shape index (κ2) is 9.42. The fourth-order valence-electron chi connectivity index (χ4n) is 3.82. The molecular weight excluding hydrogens is 401 g/mol. The minimum absolute atomic E-state index is 0.168. The summed E-state index contributed by atoms with van der Waals surface area (Å²) in [6, 6.07) is 13.1. The van der Waals surface area contributed by atoms with Crippen LogP contribution in [-0.2, 0) is 11.3 Å². The van der Waals surface area contributed by atoms with Crippen LogP contribution in [0.3, 0.4) is 0 Å². The van der Waals surface area contributed by atoms with Crippen molar-refractivity contribution in [2.75, 3.05) is 44.3 Å². The first-order chi connectivity index (χ1) is 15.0. The Hall–Kier alpha value is -3.01. The van der Waals surface area contributed by atoms with Gasteiger partial charge < -0.3 is 9.64 Å². The standard InChI is InChI=1S/C22H26FN5O3/c23-18-2-1-3-19(12-18)28(13-16-4-6-17(7-5-16)21(29)25-24)22(30)27-10-8-26(9-11-27)20-14-31-15-20/h1-7,12,20H,8-11,13-15,24H2,(H,25,29). The Bertz CT molecular complexity index is 927. The van der Waals surface area contributed by atoms with Gasteiger partial charge in [0, 0.05) is 37.4 Å². The third-order valence-electron chi connectivity index (χ3n) is 5.76. The normalized spacial score (nSPS) is 17.2. The molecule has 2 aliphatic heterocycles. The van der Waals surface area contributed by atoms with E-state index in [1.807, 2.05) is 0 Å². The van der Waals surface area contributed by atoms with E-state index in [1.165, 1.54) is 12.1 Å². The van der Waals surface area contributed by atoms with Gasteiger partial charge >= 0.3 is 6.03 Å². The van der Waals surface area contributed by atoms with Crippen LogP contribution in [0.2, 0.25) is 0 Å². The molecule has 164 valence electrons. The Labute approximate surface area is 180 Å². The van der Waals surface area contributed by atoms with Gasteiger partial charge in [-0.1, -0.05) is 18.2 Å². The van der Waals surface area contributed by atoms with E-state index in [1.54, 1.807) is 46.2 Å². The van der Waals surface area contributed by atoms with Crippen LogP contribution in [-0.4, -0.2) is 67.2 Å². The molecule has 8 nitrogen and oxygen atoms in total. The van der Waals surface area contributed by atoms with E-state index in [-0.39, 0.29) is 18.5 Å². The summed E-state index contributed by atoms with van der Waals surface area (Å²) in [6.07, 6.45) is 0. The highest BCUT2D eigenvalue weighted by atomic mass is 19.1. The number of benzene rings is 2.